The number of rotatable bonds is 3. The van der Waals surface area contributed by atoms with Crippen LogP contribution < -0.4 is 0 Å². The highest BCUT2D eigenvalue weighted by Gasteiger charge is 2.23. The van der Waals surface area contributed by atoms with E-state index in [0.29, 0.717) is 16.1 Å². The second-order valence-electron chi connectivity index (χ2n) is 1.73. The maximum absolute atomic E-state index is 11.6. The summed E-state index contributed by atoms with van der Waals surface area (Å²) in [5.74, 6) is 0. The zero-order valence-corrected chi connectivity index (χ0v) is 6.84. The molecule has 0 aromatic carbocycles. The molecule has 0 unspecified atom stereocenters. The van der Waals surface area contributed by atoms with Gasteiger partial charge in [0.25, 0.3) is 0 Å². The third kappa shape index (κ3) is 3.61. The van der Waals surface area contributed by atoms with Crippen LogP contribution in [0.4, 0.5) is 12.9 Å². The molecule has 8 heteroatoms. The molecular weight excluding hydrogens is 196 g/mol. The van der Waals surface area contributed by atoms with Crippen LogP contribution in [0, 0.1) is 0 Å². The Morgan fingerprint density at radius 3 is 2.73 bits per heavy atom. The third-order valence-corrected chi connectivity index (χ3v) is 2.73. The molecule has 0 fully saturated rings. The van der Waals surface area contributed by atoms with E-state index in [4.69, 9.17) is 0 Å². The predicted octanol–water partition coefficient (Wildman–Crippen LogP) is 2.02. The minimum atomic E-state index is -4.71. The highest BCUT2D eigenvalue weighted by molar-refractivity contribution is 8.02. The fourth-order valence-corrected chi connectivity index (χ4v) is 1.71. The van der Waals surface area contributed by atoms with Crippen LogP contribution in [0.5, 0.6) is 0 Å². The Morgan fingerprint density at radius 2 is 2.27 bits per heavy atom. The first-order valence-corrected chi connectivity index (χ1v) is 4.54. The van der Waals surface area contributed by atoms with Crippen molar-refractivity contribution in [1.82, 2.24) is 10.2 Å². The van der Waals surface area contributed by atoms with Gasteiger partial charge in [-0.2, -0.15) is 0 Å². The summed E-state index contributed by atoms with van der Waals surface area (Å²) in [6, 6.07) is 0. The fraction of sp³-hybridized carbons (Fsp3) is 0.333. The Morgan fingerprint density at radius 1 is 1.55 bits per heavy atom. The van der Waals surface area contributed by atoms with Gasteiger partial charge >= 0.3 is 6.98 Å². The molecule has 1 rings (SSSR count). The number of aromatic nitrogens is 2. The van der Waals surface area contributed by atoms with Gasteiger partial charge in [0.05, 0.1) is 0 Å². The summed E-state index contributed by atoms with van der Waals surface area (Å²) in [5, 5.41) is 6.87. The van der Waals surface area contributed by atoms with E-state index in [9.17, 15) is 12.9 Å². The van der Waals surface area contributed by atoms with Crippen molar-refractivity contribution in [1.29, 1.82) is 0 Å². The van der Waals surface area contributed by atoms with Crippen LogP contribution in [-0.4, -0.2) is 22.8 Å². The molecule has 0 atom stereocenters. The molecule has 1 aromatic rings. The highest BCUT2D eigenvalue weighted by atomic mass is 32.2. The van der Waals surface area contributed by atoms with Crippen molar-refractivity contribution in [2.75, 3.05) is 5.65 Å². The summed E-state index contributed by atoms with van der Waals surface area (Å²) in [4.78, 5) is 0. The summed E-state index contributed by atoms with van der Waals surface area (Å²) in [7, 11) is 0. The highest BCUT2D eigenvalue weighted by Crippen LogP contribution is 2.24. The quantitative estimate of drug-likeness (QED) is 0.550. The molecule has 2 nitrogen and oxygen atoms in total. The smallest absolute Gasteiger partial charge is 0.448 e. The third-order valence-electron chi connectivity index (χ3n) is 0.736. The number of thioether (sulfide) groups is 1. The van der Waals surface area contributed by atoms with Gasteiger partial charge in [0.15, 0.2) is 4.34 Å². The molecule has 0 aliphatic rings. The summed E-state index contributed by atoms with van der Waals surface area (Å²) in [6.45, 7) is -4.71. The number of hydrogen-bond donors (Lipinski definition) is 0. The second-order valence-corrected chi connectivity index (χ2v) is 3.83. The lowest BCUT2D eigenvalue weighted by Gasteiger charge is -2.10. The summed E-state index contributed by atoms with van der Waals surface area (Å²) < 4.78 is 35.3. The Labute approximate surface area is 69.3 Å². The van der Waals surface area contributed by atoms with Crippen molar-refractivity contribution in [2.45, 2.75) is 4.34 Å². The normalized spacial score (nSPS) is 11.9. The van der Waals surface area contributed by atoms with E-state index in [1.165, 1.54) is 5.51 Å². The van der Waals surface area contributed by atoms with Crippen LogP contribution in [-0.2, 0) is 0 Å². The van der Waals surface area contributed by atoms with Crippen molar-refractivity contribution >= 4 is 30.1 Å². The Bertz CT molecular complexity index is 211. The Balaban J connectivity index is 2.35. The summed E-state index contributed by atoms with van der Waals surface area (Å²) >= 11 is 1.80. The minimum Gasteiger partial charge on any atom is -0.448 e. The molecule has 1 heterocycles. The second kappa shape index (κ2) is 3.44. The van der Waals surface area contributed by atoms with Crippen molar-refractivity contribution < 1.29 is 12.9 Å². The van der Waals surface area contributed by atoms with Gasteiger partial charge in [-0.1, -0.05) is 11.3 Å². The molecule has 0 aliphatic carbocycles. The molecule has 0 N–H and O–H groups in total. The van der Waals surface area contributed by atoms with Gasteiger partial charge in [0, 0.05) is 0 Å². The fourth-order valence-electron chi connectivity index (χ4n) is 0.392. The molecule has 0 bridgehead atoms. The lowest BCUT2D eigenvalue weighted by molar-refractivity contribution is 0.485. The lowest BCUT2D eigenvalue weighted by atomic mass is 9.98. The maximum atomic E-state index is 11.6. The van der Waals surface area contributed by atoms with E-state index in [0.717, 1.165) is 11.3 Å². The Kier molecular flexibility index (Phi) is 2.77. The summed E-state index contributed by atoms with van der Waals surface area (Å²) in [6.07, 6.45) is 0. The number of hydrogen-bond acceptors (Lipinski definition) is 4. The SMILES string of the molecule is F[B-](F)(F)CSc1nncs1. The van der Waals surface area contributed by atoms with Gasteiger partial charge in [0.2, 0.25) is 0 Å². The van der Waals surface area contributed by atoms with E-state index in [1.54, 1.807) is 0 Å². The van der Waals surface area contributed by atoms with Gasteiger partial charge in [-0.3, -0.25) is 0 Å². The molecule has 0 amide bonds. The first kappa shape index (κ1) is 8.86. The minimum absolute atomic E-state index is 0.365. The molecule has 11 heavy (non-hydrogen) atoms. The van der Waals surface area contributed by atoms with Gasteiger partial charge in [-0.15, -0.1) is 22.0 Å². The van der Waals surface area contributed by atoms with Crippen molar-refractivity contribution in [2.24, 2.45) is 0 Å². The van der Waals surface area contributed by atoms with Gasteiger partial charge in [0.1, 0.15) is 5.51 Å². The van der Waals surface area contributed by atoms with E-state index in [2.05, 4.69) is 10.2 Å². The van der Waals surface area contributed by atoms with Crippen LogP contribution in [0.3, 0.4) is 0 Å². The zero-order valence-electron chi connectivity index (χ0n) is 5.21. The standard InChI is InChI=1S/C3H3BF3N2S2/c5-4(6,7)1-10-3-9-8-2-11-3/h2H,1H2/q-1. The van der Waals surface area contributed by atoms with Crippen molar-refractivity contribution in [3.8, 4) is 0 Å². The average molecular weight is 199 g/mol. The van der Waals surface area contributed by atoms with Crippen LogP contribution in [0.2, 0.25) is 0 Å². The van der Waals surface area contributed by atoms with E-state index in [-0.39, 0.29) is 0 Å². The lowest BCUT2D eigenvalue weighted by Crippen LogP contribution is -2.18. The van der Waals surface area contributed by atoms with Gasteiger partial charge < -0.3 is 12.9 Å². The first-order valence-electron chi connectivity index (χ1n) is 2.68. The molecule has 0 spiro atoms. The van der Waals surface area contributed by atoms with E-state index in [1.807, 2.05) is 0 Å². The van der Waals surface area contributed by atoms with E-state index < -0.39 is 12.6 Å². The van der Waals surface area contributed by atoms with Crippen LogP contribution in [0.1, 0.15) is 0 Å². The predicted molar refractivity (Wildman–Crippen MR) is 39.7 cm³/mol. The zero-order chi connectivity index (χ0) is 8.32. The molecule has 1 aromatic heterocycles. The van der Waals surface area contributed by atoms with Gasteiger partial charge in [-0.05, 0) is 5.65 Å². The van der Waals surface area contributed by atoms with Gasteiger partial charge in [-0.25, -0.2) is 0 Å². The molecule has 0 saturated carbocycles. The largest absolute Gasteiger partial charge is 0.488 e. The topological polar surface area (TPSA) is 25.8 Å². The molecule has 0 saturated heterocycles. The van der Waals surface area contributed by atoms with Crippen LogP contribution >= 0.6 is 23.1 Å². The average Bonchev–Trinajstić information content (AvgIpc) is 2.32. The molecule has 0 radical (unpaired) electrons. The number of halogens is 3. The number of nitrogens with zero attached hydrogens (tertiary/aromatic N) is 2. The maximum Gasteiger partial charge on any atom is 0.488 e. The van der Waals surface area contributed by atoms with Crippen molar-refractivity contribution in [3.63, 3.8) is 0 Å². The molecule has 62 valence electrons. The van der Waals surface area contributed by atoms with E-state index >= 15 is 0 Å². The Hall–Kier alpha value is -0.235. The van der Waals surface area contributed by atoms with Crippen LogP contribution in [0.15, 0.2) is 9.85 Å². The van der Waals surface area contributed by atoms with Crippen LogP contribution in [0.25, 0.3) is 0 Å². The summed E-state index contributed by atoms with van der Waals surface area (Å²) in [5.41, 5.74) is 0.570. The van der Waals surface area contributed by atoms with Crippen molar-refractivity contribution in [3.05, 3.63) is 5.51 Å². The molecular formula is C3H3BF3N2S2-. The first-order chi connectivity index (χ1) is 5.08. The molecule has 0 aliphatic heterocycles. The monoisotopic (exact) mass is 199 g/mol.